The molecule has 8 amide bonds. The molecule has 0 radical (unpaired) electrons. The molecule has 6 rings (SSSR count). The average Bonchev–Trinajstić information content (AvgIpc) is 4.01. The molecule has 0 spiro atoms. The monoisotopic (exact) mass is 1060 g/mol. The fourth-order valence-corrected chi connectivity index (χ4v) is 9.57. The number of carbonyl (C=O) groups is 8. The van der Waals surface area contributed by atoms with Gasteiger partial charge in [-0.3, -0.25) is 33.7 Å². The number of aryl methyl sites for hydroxylation is 1. The molecule has 2 aliphatic heterocycles. The van der Waals surface area contributed by atoms with Crippen molar-refractivity contribution in [2.75, 3.05) is 56.0 Å². The maximum Gasteiger partial charge on any atom is 0.410 e. The molecule has 2 aromatic heterocycles. The Morgan fingerprint density at radius 2 is 1.58 bits per heavy atom. The predicted octanol–water partition coefficient (Wildman–Crippen LogP) is 4.17. The zero-order chi connectivity index (χ0) is 55.3. The molecule has 0 unspecified atom stereocenters. The summed E-state index contributed by atoms with van der Waals surface area (Å²) >= 11 is 0. The average molecular weight is 1060 g/mol. The van der Waals surface area contributed by atoms with Crippen molar-refractivity contribution in [1.29, 1.82) is 0 Å². The molecule has 4 heterocycles. The van der Waals surface area contributed by atoms with Crippen LogP contribution in [0.1, 0.15) is 120 Å². The number of likely N-dealkylation sites (tertiary alicyclic amines) is 1. The molecular weight excluding hydrogens is 988 g/mol. The van der Waals surface area contributed by atoms with Crippen LogP contribution in [-0.2, 0) is 47.3 Å². The number of carbonyl (C=O) groups excluding carboxylic acids is 7. The van der Waals surface area contributed by atoms with Crippen molar-refractivity contribution in [3.05, 3.63) is 81.7 Å². The third-order valence-corrected chi connectivity index (χ3v) is 14.3. The van der Waals surface area contributed by atoms with E-state index in [1.165, 1.54) is 26.7 Å². The zero-order valence-electron chi connectivity index (χ0n) is 43.7. The molecule has 410 valence electrons. The number of primary amides is 1. The number of halogens is 1. The Hall–Kier alpha value is -7.92. The lowest BCUT2D eigenvalue weighted by molar-refractivity contribution is -0.138. The Morgan fingerprint density at radius 1 is 0.882 bits per heavy atom. The number of amides is 8. The van der Waals surface area contributed by atoms with Gasteiger partial charge in [-0.25, -0.2) is 23.5 Å². The lowest BCUT2D eigenvalue weighted by Gasteiger charge is -2.35. The van der Waals surface area contributed by atoms with Gasteiger partial charge in [0.25, 0.3) is 0 Å². The smallest absolute Gasteiger partial charge is 0.410 e. The predicted molar refractivity (Wildman–Crippen MR) is 278 cm³/mol. The van der Waals surface area contributed by atoms with Gasteiger partial charge in [0.2, 0.25) is 35.0 Å². The minimum Gasteiger partial charge on any atom is -0.477 e. The van der Waals surface area contributed by atoms with Gasteiger partial charge in [0, 0.05) is 94.3 Å². The Balaban J connectivity index is 1.02. The van der Waals surface area contributed by atoms with E-state index in [-0.39, 0.29) is 106 Å². The third-order valence-electron chi connectivity index (χ3n) is 14.3. The number of urea groups is 1. The molecule has 2 aliphatic rings. The highest BCUT2D eigenvalue weighted by Crippen LogP contribution is 2.35. The molecule has 0 aliphatic carbocycles. The number of piperazine rings is 1. The van der Waals surface area contributed by atoms with Gasteiger partial charge in [-0.05, 0) is 81.7 Å². The first kappa shape index (κ1) is 57.4. The Kier molecular flexibility index (Phi) is 19.6. The number of nitrogens with zero attached hydrogens (tertiary/aromatic N) is 7. The maximum atomic E-state index is 15.4. The number of benzene rings is 2. The lowest BCUT2D eigenvalue weighted by Crippen LogP contribution is -2.50. The second kappa shape index (κ2) is 26.0. The highest BCUT2D eigenvalue weighted by atomic mass is 19.1. The summed E-state index contributed by atoms with van der Waals surface area (Å²) < 4.78 is 24.1. The first-order chi connectivity index (χ1) is 36.3. The molecule has 2 fully saturated rings. The minimum absolute atomic E-state index is 0.0341. The Labute approximate surface area is 439 Å². The van der Waals surface area contributed by atoms with Gasteiger partial charge < -0.3 is 51.2 Å². The van der Waals surface area contributed by atoms with Gasteiger partial charge in [-0.2, -0.15) is 0 Å². The molecule has 23 nitrogen and oxygen atoms in total. The van der Waals surface area contributed by atoms with Gasteiger partial charge in [0.05, 0.1) is 23.1 Å². The van der Waals surface area contributed by atoms with Gasteiger partial charge in [-0.1, -0.05) is 44.5 Å². The van der Waals surface area contributed by atoms with Crippen LogP contribution in [0.15, 0.2) is 53.6 Å². The van der Waals surface area contributed by atoms with Crippen LogP contribution >= 0.6 is 0 Å². The number of nitrogens with two attached hydrogens (primary N) is 1. The van der Waals surface area contributed by atoms with Crippen molar-refractivity contribution < 1.29 is 52.6 Å². The van der Waals surface area contributed by atoms with E-state index in [1.807, 2.05) is 20.8 Å². The van der Waals surface area contributed by atoms with E-state index in [9.17, 15) is 48.3 Å². The number of nitrogens with one attached hydrogen (secondary N) is 4. The molecule has 4 aromatic rings. The minimum atomic E-state index is -1.39. The number of anilines is 2. The summed E-state index contributed by atoms with van der Waals surface area (Å²) in [5.41, 5.74) is 5.59. The number of aromatic carboxylic acids is 1. The second-order valence-corrected chi connectivity index (χ2v) is 19.5. The van der Waals surface area contributed by atoms with Gasteiger partial charge in [-0.15, -0.1) is 5.10 Å². The third kappa shape index (κ3) is 14.1. The normalized spacial score (nSPS) is 15.3. The standard InChI is InChI=1S/C52H69FN12O11/c1-6-52(32(3)4,31-56-47(70)33(5)57-43(66)13-9-8-10-21-64-44(67)18-19-45(64)68)42-29-65(60-59-42)39(12-11-20-55-50(54)74)48(71)58-35-16-14-34(15-17-35)30-76-51(75)63-24-22-62(23-25-63)41-27-40-36(26-38(41)53)46(69)37(49(72)73)28-61(40)7-2/h14-17,26-29,32-33,39H,6-13,18-25,30-31H2,1-5H3,(H,56,70)(H,57,66)(H,58,71)(H,72,73)(H3,54,55,74)/t33-,39+,52+/m1/s1. The number of carboxylic acids is 1. The van der Waals surface area contributed by atoms with E-state index in [4.69, 9.17) is 10.5 Å². The summed E-state index contributed by atoms with van der Waals surface area (Å²) in [7, 11) is 0. The van der Waals surface area contributed by atoms with Crippen molar-refractivity contribution in [2.24, 2.45) is 11.7 Å². The van der Waals surface area contributed by atoms with Crippen molar-refractivity contribution in [1.82, 2.24) is 45.3 Å². The SMILES string of the molecule is CCn1cc(C(=O)O)c(=O)c2cc(F)c(N3CCN(C(=O)OCc4ccc(NC(=O)[C@H](CCCNC(N)=O)n5cc([C@@](CC)(CNC(=O)[C@@H](C)NC(=O)CCCCCN6C(=O)CCC6=O)C(C)C)nn5)cc4)CC3)cc21. The van der Waals surface area contributed by atoms with Crippen molar-refractivity contribution in [2.45, 2.75) is 123 Å². The summed E-state index contributed by atoms with van der Waals surface area (Å²) in [5, 5.41) is 29.6. The second-order valence-electron chi connectivity index (χ2n) is 19.5. The number of hydrogen-bond donors (Lipinski definition) is 6. The van der Waals surface area contributed by atoms with Crippen LogP contribution in [0.4, 0.5) is 25.4 Å². The first-order valence-electron chi connectivity index (χ1n) is 25.8. The van der Waals surface area contributed by atoms with Gasteiger partial charge >= 0.3 is 18.1 Å². The molecule has 2 aromatic carbocycles. The van der Waals surface area contributed by atoms with Gasteiger partial charge in [0.1, 0.15) is 30.1 Å². The number of aromatic nitrogens is 4. The number of rotatable bonds is 25. The topological polar surface area (TPSA) is 303 Å². The number of hydrogen-bond acceptors (Lipinski definition) is 13. The lowest BCUT2D eigenvalue weighted by atomic mass is 9.72. The summed E-state index contributed by atoms with van der Waals surface area (Å²) in [6, 6.07) is 6.87. The zero-order valence-corrected chi connectivity index (χ0v) is 43.7. The first-order valence-corrected chi connectivity index (χ1v) is 25.8. The molecule has 2 saturated heterocycles. The van der Waals surface area contributed by atoms with Crippen LogP contribution in [0.3, 0.4) is 0 Å². The quantitative estimate of drug-likeness (QED) is 0.0401. The molecule has 0 bridgehead atoms. The van der Waals surface area contributed by atoms with Crippen LogP contribution in [0.25, 0.3) is 10.9 Å². The Morgan fingerprint density at radius 3 is 2.21 bits per heavy atom. The number of imide groups is 1. The summed E-state index contributed by atoms with van der Waals surface area (Å²) in [6.07, 6.45) is 5.93. The maximum absolute atomic E-state index is 15.4. The van der Waals surface area contributed by atoms with Gasteiger partial charge in [0.15, 0.2) is 0 Å². The van der Waals surface area contributed by atoms with Crippen LogP contribution in [-0.4, -0.2) is 134 Å². The summed E-state index contributed by atoms with van der Waals surface area (Å²) in [5.74, 6) is -3.59. The van der Waals surface area contributed by atoms with Crippen LogP contribution in [0.5, 0.6) is 0 Å². The van der Waals surface area contributed by atoms with E-state index >= 15 is 4.39 Å². The van der Waals surface area contributed by atoms with E-state index in [0.29, 0.717) is 67.7 Å². The van der Waals surface area contributed by atoms with Crippen molar-refractivity contribution in [3.63, 3.8) is 0 Å². The number of carboxylic acid groups (broad SMARTS) is 1. The summed E-state index contributed by atoms with van der Waals surface area (Å²) in [6.45, 7) is 11.3. The number of fused-ring (bicyclic) bond motifs is 1. The molecule has 3 atom stereocenters. The van der Waals surface area contributed by atoms with E-state index in [1.54, 1.807) is 53.8 Å². The van der Waals surface area contributed by atoms with Crippen LogP contribution < -0.4 is 37.3 Å². The van der Waals surface area contributed by atoms with E-state index in [2.05, 4.69) is 31.6 Å². The fourth-order valence-electron chi connectivity index (χ4n) is 9.57. The summed E-state index contributed by atoms with van der Waals surface area (Å²) in [4.78, 5) is 117. The number of ether oxygens (including phenoxy) is 1. The largest absolute Gasteiger partial charge is 0.477 e. The van der Waals surface area contributed by atoms with Crippen molar-refractivity contribution >= 4 is 69.9 Å². The van der Waals surface area contributed by atoms with E-state index in [0.717, 1.165) is 6.07 Å². The molecular formula is C52H69FN12O11. The fraction of sp³-hybridized carbons (Fsp3) is 0.519. The number of pyridine rings is 1. The molecule has 76 heavy (non-hydrogen) atoms. The highest BCUT2D eigenvalue weighted by molar-refractivity contribution is 6.02. The van der Waals surface area contributed by atoms with Crippen LogP contribution in [0, 0.1) is 11.7 Å². The molecule has 24 heteroatoms. The van der Waals surface area contributed by atoms with Crippen molar-refractivity contribution in [3.8, 4) is 0 Å². The van der Waals surface area contributed by atoms with Crippen LogP contribution in [0.2, 0.25) is 0 Å². The Bertz CT molecular complexity index is 2830. The van der Waals surface area contributed by atoms with E-state index < -0.39 is 64.2 Å². The number of unbranched alkanes of at least 4 members (excludes halogenated alkanes) is 2. The molecule has 0 saturated carbocycles. The highest BCUT2D eigenvalue weighted by Gasteiger charge is 2.39. The molecule has 7 N–H and O–H groups in total.